The van der Waals surface area contributed by atoms with Crippen molar-refractivity contribution in [2.45, 2.75) is 106 Å². The monoisotopic (exact) mass is 861 g/mol. The van der Waals surface area contributed by atoms with Crippen LogP contribution in [0.3, 0.4) is 0 Å². The predicted molar refractivity (Wildman–Crippen MR) is 232 cm³/mol. The number of sulfonamides is 1. The van der Waals surface area contributed by atoms with E-state index >= 15 is 0 Å². The molecule has 1 saturated carbocycles. The zero-order valence-corrected chi connectivity index (χ0v) is 36.1. The van der Waals surface area contributed by atoms with Gasteiger partial charge in [0.15, 0.2) is 0 Å². The number of ether oxygens (including phenoxy) is 2. The number of hydrogen-bond donors (Lipinski definition) is 5. The van der Waals surface area contributed by atoms with E-state index in [-0.39, 0.29) is 36.7 Å². The molecule has 4 amide bonds. The zero-order valence-electron chi connectivity index (χ0n) is 34.4. The molecule has 1 aliphatic carbocycles. The average molecular weight is 862 g/mol. The minimum atomic E-state index is -3.98. The smallest absolute Gasteiger partial charge is 0.244 e. The fourth-order valence-corrected chi connectivity index (χ4v) is 9.50. The summed E-state index contributed by atoms with van der Waals surface area (Å²) in [6, 6.07) is 19.0. The van der Waals surface area contributed by atoms with Crippen molar-refractivity contribution in [3.8, 4) is 11.5 Å². The molecule has 3 aromatic rings. The van der Waals surface area contributed by atoms with Crippen molar-refractivity contribution in [2.75, 3.05) is 32.8 Å². The van der Waals surface area contributed by atoms with Crippen LogP contribution >= 0.6 is 12.6 Å². The van der Waals surface area contributed by atoms with E-state index in [0.717, 1.165) is 42.4 Å². The van der Waals surface area contributed by atoms with Gasteiger partial charge in [-0.3, -0.25) is 19.2 Å². The van der Waals surface area contributed by atoms with Gasteiger partial charge in [-0.2, -0.15) is 12.6 Å². The van der Waals surface area contributed by atoms with Crippen LogP contribution in [0.4, 0.5) is 0 Å². The van der Waals surface area contributed by atoms with Gasteiger partial charge in [0, 0.05) is 32.6 Å². The van der Waals surface area contributed by atoms with Gasteiger partial charge in [0.25, 0.3) is 0 Å². The number of aryl methyl sites for hydroxylation is 2. The van der Waals surface area contributed by atoms with Crippen LogP contribution < -0.4 is 30.1 Å². The fourth-order valence-electron chi connectivity index (χ4n) is 8.09. The van der Waals surface area contributed by atoms with Gasteiger partial charge in [-0.1, -0.05) is 55.7 Å². The Kier molecular flexibility index (Phi) is 16.3. The molecule has 1 saturated heterocycles. The van der Waals surface area contributed by atoms with Crippen LogP contribution in [0, 0.1) is 18.8 Å². The minimum absolute atomic E-state index is 0.0197. The highest BCUT2D eigenvalue weighted by Crippen LogP contribution is 2.26. The quantitative estimate of drug-likeness (QED) is 0.161. The summed E-state index contributed by atoms with van der Waals surface area (Å²) in [4.78, 5) is 57.3. The number of fused-ring (bicyclic) bond motifs is 4. The van der Waals surface area contributed by atoms with E-state index in [4.69, 9.17) is 9.47 Å². The summed E-state index contributed by atoms with van der Waals surface area (Å²) < 4.78 is 40.8. The standard InChI is InChI=1S/C45H59N5O8S2/c1-31-14-16-37-27-35(31)28-46-43(52)39(21-15-32-9-4-2-5-10-32)48-44(53)41(42(59)45(54)50-25-8-13-33(29-50)23-26-57-37)49-40(51)22-24-47-60(55,56)38-19-17-36(18-20-38)58-30-34-11-6-3-7-12-34/h2,4-5,9-10,14,16-20,27,33-34,39,41-42,47,59H,3,6-8,11-13,15,21-26,28-30H2,1H3,(H,46,52)(H,48,53)(H,49,51)/t33?,39-,41-,42?/m0/s1. The third kappa shape index (κ3) is 13.0. The summed E-state index contributed by atoms with van der Waals surface area (Å²) in [5.41, 5.74) is 2.81. The molecule has 0 radical (unpaired) electrons. The second-order valence-corrected chi connectivity index (χ2v) is 18.6. The van der Waals surface area contributed by atoms with Crippen molar-refractivity contribution in [1.82, 2.24) is 25.6 Å². The highest BCUT2D eigenvalue weighted by Gasteiger charge is 2.38. The minimum Gasteiger partial charge on any atom is -0.494 e. The van der Waals surface area contributed by atoms with Crippen molar-refractivity contribution < 1.29 is 37.1 Å². The number of thiol groups is 1. The van der Waals surface area contributed by atoms with Crippen molar-refractivity contribution in [1.29, 1.82) is 0 Å². The summed E-state index contributed by atoms with van der Waals surface area (Å²) in [7, 11) is -3.98. The third-order valence-corrected chi connectivity index (χ3v) is 13.7. The molecule has 60 heavy (non-hydrogen) atoms. The topological polar surface area (TPSA) is 172 Å². The first-order valence-electron chi connectivity index (χ1n) is 21.3. The van der Waals surface area contributed by atoms with Crippen LogP contribution in [0.25, 0.3) is 0 Å². The van der Waals surface area contributed by atoms with E-state index in [2.05, 4.69) is 33.3 Å². The number of amides is 4. The molecule has 13 nitrogen and oxygen atoms in total. The fraction of sp³-hybridized carbons (Fsp3) is 0.511. The molecule has 4 bridgehead atoms. The molecule has 2 heterocycles. The van der Waals surface area contributed by atoms with Crippen LogP contribution in [0.5, 0.6) is 11.5 Å². The first-order chi connectivity index (χ1) is 28.9. The molecule has 0 aromatic heterocycles. The Morgan fingerprint density at radius 1 is 0.933 bits per heavy atom. The lowest BCUT2D eigenvalue weighted by atomic mass is 9.90. The second-order valence-electron chi connectivity index (χ2n) is 16.2. The van der Waals surface area contributed by atoms with Crippen LogP contribution in [0.1, 0.15) is 80.9 Å². The van der Waals surface area contributed by atoms with E-state index in [1.165, 1.54) is 31.4 Å². The number of nitrogens with one attached hydrogen (secondary N) is 4. The number of benzene rings is 3. The zero-order chi connectivity index (χ0) is 42.5. The maximum atomic E-state index is 14.3. The largest absolute Gasteiger partial charge is 0.494 e. The summed E-state index contributed by atoms with van der Waals surface area (Å²) in [6.07, 6.45) is 8.68. The van der Waals surface area contributed by atoms with Crippen LogP contribution in [-0.2, 0) is 42.2 Å². The number of rotatable bonds is 12. The Hall–Kier alpha value is -4.60. The molecule has 324 valence electrons. The molecule has 2 unspecified atom stereocenters. The maximum absolute atomic E-state index is 14.3. The van der Waals surface area contributed by atoms with Gasteiger partial charge in [0.1, 0.15) is 28.8 Å². The lowest BCUT2D eigenvalue weighted by Crippen LogP contribution is -2.60. The highest BCUT2D eigenvalue weighted by molar-refractivity contribution is 7.89. The lowest BCUT2D eigenvalue weighted by molar-refractivity contribution is -0.137. The summed E-state index contributed by atoms with van der Waals surface area (Å²) in [6.45, 7) is 3.83. The molecular formula is C45H59N5O8S2. The Morgan fingerprint density at radius 3 is 2.47 bits per heavy atom. The SMILES string of the molecule is Cc1ccc2cc1CNC(=O)[C@H](CCc1ccccc1)NC(=O)[C@@H](NC(=O)CCNS(=O)(=O)c1ccc(OCC3CCCCC3)cc1)C(S)C(=O)N1CCCC(CCO2)C1. The van der Waals surface area contributed by atoms with E-state index in [9.17, 15) is 27.6 Å². The normalized spacial score (nSPS) is 22.4. The molecule has 3 aliphatic rings. The average Bonchev–Trinajstić information content (AvgIpc) is 3.26. The van der Waals surface area contributed by atoms with Crippen LogP contribution in [0.2, 0.25) is 0 Å². The molecule has 4 N–H and O–H groups in total. The second kappa shape index (κ2) is 21.8. The maximum Gasteiger partial charge on any atom is 0.244 e. The van der Waals surface area contributed by atoms with Crippen LogP contribution in [0.15, 0.2) is 77.7 Å². The molecule has 0 spiro atoms. The van der Waals surface area contributed by atoms with Gasteiger partial charge < -0.3 is 30.3 Å². The Labute approximate surface area is 359 Å². The molecule has 6 rings (SSSR count). The number of carbonyl (C=O) groups excluding carboxylic acids is 4. The van der Waals surface area contributed by atoms with Gasteiger partial charge >= 0.3 is 0 Å². The first-order valence-corrected chi connectivity index (χ1v) is 23.3. The van der Waals surface area contributed by atoms with Gasteiger partial charge in [0.2, 0.25) is 33.7 Å². The predicted octanol–water partition coefficient (Wildman–Crippen LogP) is 4.86. The van der Waals surface area contributed by atoms with E-state index in [1.807, 2.05) is 55.5 Å². The number of piperidine rings is 1. The van der Waals surface area contributed by atoms with Gasteiger partial charge in [0.05, 0.1) is 18.1 Å². The van der Waals surface area contributed by atoms with Crippen LogP contribution in [-0.4, -0.2) is 87.1 Å². The van der Waals surface area contributed by atoms with Gasteiger partial charge in [-0.25, -0.2) is 13.1 Å². The first kappa shape index (κ1) is 44.9. The Balaban J connectivity index is 1.15. The molecule has 2 aliphatic heterocycles. The van der Waals surface area contributed by atoms with Crippen molar-refractivity contribution in [3.05, 3.63) is 89.5 Å². The Bertz CT molecular complexity index is 2030. The van der Waals surface area contributed by atoms with Gasteiger partial charge in [-0.15, -0.1) is 0 Å². The number of hydrogen-bond acceptors (Lipinski definition) is 9. The van der Waals surface area contributed by atoms with E-state index in [1.54, 1.807) is 17.0 Å². The summed E-state index contributed by atoms with van der Waals surface area (Å²) in [5.74, 6) is -0.339. The highest BCUT2D eigenvalue weighted by atomic mass is 32.2. The molecule has 3 aromatic carbocycles. The molecule has 15 heteroatoms. The molecule has 2 fully saturated rings. The van der Waals surface area contributed by atoms with Gasteiger partial charge in [-0.05, 0) is 117 Å². The number of carbonyl (C=O) groups is 4. The lowest BCUT2D eigenvalue weighted by Gasteiger charge is -2.36. The third-order valence-electron chi connectivity index (χ3n) is 11.8. The van der Waals surface area contributed by atoms with Crippen molar-refractivity contribution in [2.24, 2.45) is 11.8 Å². The molecular weight excluding hydrogens is 803 g/mol. The summed E-state index contributed by atoms with van der Waals surface area (Å²) >= 11 is 4.65. The Morgan fingerprint density at radius 2 is 1.70 bits per heavy atom. The van der Waals surface area contributed by atoms with E-state index < -0.39 is 51.0 Å². The van der Waals surface area contributed by atoms with E-state index in [0.29, 0.717) is 56.6 Å². The number of nitrogens with zero attached hydrogens (tertiary/aromatic N) is 1. The van der Waals surface area contributed by atoms with Crippen molar-refractivity contribution >= 4 is 46.3 Å². The summed E-state index contributed by atoms with van der Waals surface area (Å²) in [5, 5.41) is 7.16. The molecule has 4 atom stereocenters. The van der Waals surface area contributed by atoms with Crippen molar-refractivity contribution in [3.63, 3.8) is 0 Å².